The van der Waals surface area contributed by atoms with Gasteiger partial charge in [0.05, 0.1) is 11.3 Å². The normalized spacial score (nSPS) is 9.54. The summed E-state index contributed by atoms with van der Waals surface area (Å²) in [5.41, 5.74) is 0. The monoisotopic (exact) mass is 199 g/mol. The van der Waals surface area contributed by atoms with Crippen LogP contribution in [-0.2, 0) is 4.79 Å². The molecule has 0 saturated carbocycles. The Morgan fingerprint density at radius 2 is 2.31 bits per heavy atom. The fraction of sp³-hybridized carbons (Fsp3) is 0.250. The molecule has 2 N–H and O–H groups in total. The van der Waals surface area contributed by atoms with Crippen LogP contribution in [-0.4, -0.2) is 23.5 Å². The lowest BCUT2D eigenvalue weighted by atomic mass is 10.4. The molecule has 1 aromatic rings. The Balaban J connectivity index is 2.31. The second-order valence-corrected chi connectivity index (χ2v) is 3.32. The minimum absolute atomic E-state index is 0.0445. The van der Waals surface area contributed by atoms with E-state index in [0.717, 1.165) is 0 Å². The Kier molecular flexibility index (Phi) is 3.45. The third-order valence-corrected chi connectivity index (χ3v) is 2.24. The van der Waals surface area contributed by atoms with E-state index in [2.05, 4.69) is 5.32 Å². The third-order valence-electron chi connectivity index (χ3n) is 1.37. The molecule has 1 heterocycles. The highest BCUT2D eigenvalue weighted by molar-refractivity contribution is 7.12. The standard InChI is InChI=1S/C8H9NO3S/c10-7(11)3-4-9-8(12)6-2-1-5-13-6/h1-2,5H,3-4H2,(H,9,12)(H,10,11). The maximum Gasteiger partial charge on any atom is 0.305 e. The molecule has 1 amide bonds. The molecule has 0 aromatic carbocycles. The predicted octanol–water partition coefficient (Wildman–Crippen LogP) is 0.953. The van der Waals surface area contributed by atoms with E-state index in [-0.39, 0.29) is 18.9 Å². The van der Waals surface area contributed by atoms with Gasteiger partial charge in [-0.05, 0) is 11.4 Å². The van der Waals surface area contributed by atoms with Crippen LogP contribution in [0.15, 0.2) is 17.5 Å². The van der Waals surface area contributed by atoms with E-state index in [0.29, 0.717) is 4.88 Å². The second kappa shape index (κ2) is 4.61. The zero-order valence-corrected chi connectivity index (χ0v) is 7.63. The summed E-state index contributed by atoms with van der Waals surface area (Å²) < 4.78 is 0. The van der Waals surface area contributed by atoms with Gasteiger partial charge in [0, 0.05) is 6.54 Å². The van der Waals surface area contributed by atoms with E-state index in [9.17, 15) is 9.59 Å². The molecule has 0 unspecified atom stereocenters. The lowest BCUT2D eigenvalue weighted by Gasteiger charge is -1.99. The predicted molar refractivity (Wildman–Crippen MR) is 48.9 cm³/mol. The average molecular weight is 199 g/mol. The van der Waals surface area contributed by atoms with E-state index in [1.165, 1.54) is 11.3 Å². The molecule has 0 fully saturated rings. The van der Waals surface area contributed by atoms with Crippen molar-refractivity contribution >= 4 is 23.2 Å². The van der Waals surface area contributed by atoms with Gasteiger partial charge in [-0.15, -0.1) is 11.3 Å². The Hall–Kier alpha value is -1.36. The first-order valence-electron chi connectivity index (χ1n) is 3.73. The maximum absolute atomic E-state index is 11.2. The van der Waals surface area contributed by atoms with Crippen molar-refractivity contribution in [2.24, 2.45) is 0 Å². The van der Waals surface area contributed by atoms with Crippen molar-refractivity contribution < 1.29 is 14.7 Å². The number of carbonyl (C=O) groups is 2. The zero-order chi connectivity index (χ0) is 9.68. The largest absolute Gasteiger partial charge is 0.481 e. The van der Waals surface area contributed by atoms with Crippen LogP contribution in [0.1, 0.15) is 16.1 Å². The lowest BCUT2D eigenvalue weighted by molar-refractivity contribution is -0.136. The summed E-state index contributed by atoms with van der Waals surface area (Å²) in [5, 5.41) is 12.6. The van der Waals surface area contributed by atoms with Crippen molar-refractivity contribution in [2.75, 3.05) is 6.54 Å². The van der Waals surface area contributed by atoms with Crippen molar-refractivity contribution in [3.8, 4) is 0 Å². The molecule has 0 radical (unpaired) electrons. The first-order chi connectivity index (χ1) is 6.20. The highest BCUT2D eigenvalue weighted by Gasteiger charge is 2.05. The second-order valence-electron chi connectivity index (χ2n) is 2.38. The number of carboxylic acids is 1. The first-order valence-corrected chi connectivity index (χ1v) is 4.61. The first kappa shape index (κ1) is 9.73. The molecule has 0 aliphatic rings. The van der Waals surface area contributed by atoms with Crippen LogP contribution in [0.5, 0.6) is 0 Å². The Morgan fingerprint density at radius 3 is 2.85 bits per heavy atom. The van der Waals surface area contributed by atoms with Crippen molar-refractivity contribution in [3.63, 3.8) is 0 Å². The quantitative estimate of drug-likeness (QED) is 0.758. The molecule has 13 heavy (non-hydrogen) atoms. The molecule has 0 aliphatic carbocycles. The summed E-state index contributed by atoms with van der Waals surface area (Å²) in [7, 11) is 0. The SMILES string of the molecule is O=C(O)CCNC(=O)c1cccs1. The summed E-state index contributed by atoms with van der Waals surface area (Å²) in [5.74, 6) is -1.12. The topological polar surface area (TPSA) is 66.4 Å². The van der Waals surface area contributed by atoms with Crippen LogP contribution in [0, 0.1) is 0 Å². The molecule has 1 aromatic heterocycles. The van der Waals surface area contributed by atoms with Gasteiger partial charge in [0.15, 0.2) is 0 Å². The van der Waals surface area contributed by atoms with Crippen LogP contribution < -0.4 is 5.32 Å². The minimum atomic E-state index is -0.911. The molecule has 70 valence electrons. The number of amides is 1. The lowest BCUT2D eigenvalue weighted by Crippen LogP contribution is -2.25. The van der Waals surface area contributed by atoms with Gasteiger partial charge in [-0.25, -0.2) is 0 Å². The fourth-order valence-corrected chi connectivity index (χ4v) is 1.42. The van der Waals surface area contributed by atoms with Gasteiger partial charge in [0.2, 0.25) is 0 Å². The van der Waals surface area contributed by atoms with Gasteiger partial charge in [0.25, 0.3) is 5.91 Å². The number of thiophene rings is 1. The Bertz CT molecular complexity index is 294. The van der Waals surface area contributed by atoms with Gasteiger partial charge >= 0.3 is 5.97 Å². The fourth-order valence-electron chi connectivity index (χ4n) is 0.778. The molecule has 0 saturated heterocycles. The van der Waals surface area contributed by atoms with Crippen molar-refractivity contribution in [2.45, 2.75) is 6.42 Å². The molecule has 4 nitrogen and oxygen atoms in total. The van der Waals surface area contributed by atoms with Crippen LogP contribution in [0.4, 0.5) is 0 Å². The summed E-state index contributed by atoms with van der Waals surface area (Å²) in [4.78, 5) is 21.9. The van der Waals surface area contributed by atoms with Crippen LogP contribution in [0.3, 0.4) is 0 Å². The van der Waals surface area contributed by atoms with Gasteiger partial charge in [0.1, 0.15) is 0 Å². The molecule has 0 bridgehead atoms. The summed E-state index contributed by atoms with van der Waals surface area (Å²) in [6.07, 6.45) is -0.0445. The van der Waals surface area contributed by atoms with Crippen molar-refractivity contribution in [1.82, 2.24) is 5.32 Å². The summed E-state index contributed by atoms with van der Waals surface area (Å²) >= 11 is 1.33. The van der Waals surface area contributed by atoms with E-state index in [1.807, 2.05) is 0 Å². The molecular formula is C8H9NO3S. The number of carboxylic acid groups (broad SMARTS) is 1. The average Bonchev–Trinajstić information content (AvgIpc) is 2.55. The zero-order valence-electron chi connectivity index (χ0n) is 6.82. The van der Waals surface area contributed by atoms with Crippen LogP contribution in [0.25, 0.3) is 0 Å². The molecule has 1 rings (SSSR count). The van der Waals surface area contributed by atoms with Crippen LogP contribution >= 0.6 is 11.3 Å². The number of aliphatic carboxylic acids is 1. The number of carbonyl (C=O) groups excluding carboxylic acids is 1. The Morgan fingerprint density at radius 1 is 1.54 bits per heavy atom. The minimum Gasteiger partial charge on any atom is -0.481 e. The highest BCUT2D eigenvalue weighted by Crippen LogP contribution is 2.07. The van der Waals surface area contributed by atoms with Gasteiger partial charge in [-0.3, -0.25) is 9.59 Å². The molecular weight excluding hydrogens is 190 g/mol. The van der Waals surface area contributed by atoms with Crippen molar-refractivity contribution in [3.05, 3.63) is 22.4 Å². The van der Waals surface area contributed by atoms with Crippen LogP contribution in [0.2, 0.25) is 0 Å². The maximum atomic E-state index is 11.2. The summed E-state index contributed by atoms with van der Waals surface area (Å²) in [6.45, 7) is 0.173. The highest BCUT2D eigenvalue weighted by atomic mass is 32.1. The molecule has 0 atom stereocenters. The van der Waals surface area contributed by atoms with Crippen molar-refractivity contribution in [1.29, 1.82) is 0 Å². The molecule has 5 heteroatoms. The smallest absolute Gasteiger partial charge is 0.305 e. The summed E-state index contributed by atoms with van der Waals surface area (Å²) in [6, 6.07) is 3.47. The number of nitrogens with one attached hydrogen (secondary N) is 1. The van der Waals surface area contributed by atoms with E-state index in [4.69, 9.17) is 5.11 Å². The number of hydrogen-bond acceptors (Lipinski definition) is 3. The van der Waals surface area contributed by atoms with Gasteiger partial charge in [-0.2, -0.15) is 0 Å². The number of rotatable bonds is 4. The molecule has 0 spiro atoms. The number of hydrogen-bond donors (Lipinski definition) is 2. The van der Waals surface area contributed by atoms with Gasteiger partial charge in [-0.1, -0.05) is 6.07 Å². The van der Waals surface area contributed by atoms with E-state index >= 15 is 0 Å². The molecule has 0 aliphatic heterocycles. The van der Waals surface area contributed by atoms with E-state index in [1.54, 1.807) is 17.5 Å². The third kappa shape index (κ3) is 3.25. The Labute approximate surface area is 79.2 Å². The van der Waals surface area contributed by atoms with Gasteiger partial charge < -0.3 is 10.4 Å². The van der Waals surface area contributed by atoms with E-state index < -0.39 is 5.97 Å².